The van der Waals surface area contributed by atoms with E-state index in [0.717, 1.165) is 0 Å². The van der Waals surface area contributed by atoms with Crippen LogP contribution in [0.5, 0.6) is 5.75 Å². The number of nitrogens with one attached hydrogen (secondary N) is 2. The molecule has 0 saturated carbocycles. The maximum atomic E-state index is 12.9. The van der Waals surface area contributed by atoms with Gasteiger partial charge in [0.05, 0.1) is 43.1 Å². The number of aromatic hydroxyl groups is 1. The number of phenols is 1. The number of hydrogen-bond acceptors (Lipinski definition) is 12. The van der Waals surface area contributed by atoms with Crippen LogP contribution < -0.4 is 10.6 Å². The number of hydrogen-bond donors (Lipinski definition) is 7. The zero-order chi connectivity index (χ0) is 37.0. The fourth-order valence-electron chi connectivity index (χ4n) is 7.10. The number of aryl methyl sites for hydroxylation is 2. The number of carboxylic acid groups (broad SMARTS) is 1. The van der Waals surface area contributed by atoms with Crippen LogP contribution in [0.2, 0.25) is 0 Å². The molecule has 0 unspecified atom stereocenters. The SMILES string of the molecule is CC(=O)N[C@H]1[C@H]([C@H](O)[C@H](O)CNC(=O)c2cc(C)c(O)c(C)c2)O[C@@](CCN2CCOC[C@@]23CCN(C(=O)COC(C)C)C3)(C(=O)O)C[C@@H]1O. The van der Waals surface area contributed by atoms with Crippen LogP contribution in [0.25, 0.3) is 0 Å². The van der Waals surface area contributed by atoms with E-state index in [1.807, 2.05) is 13.8 Å². The molecule has 4 rings (SSSR count). The van der Waals surface area contributed by atoms with Crippen molar-refractivity contribution in [1.82, 2.24) is 20.4 Å². The van der Waals surface area contributed by atoms with Gasteiger partial charge < -0.3 is 55.3 Å². The normalized spacial score (nSPS) is 28.4. The molecule has 3 saturated heterocycles. The second-order valence-corrected chi connectivity index (χ2v) is 14.0. The average molecular weight is 709 g/mol. The van der Waals surface area contributed by atoms with Gasteiger partial charge in [-0.05, 0) is 57.4 Å². The van der Waals surface area contributed by atoms with Gasteiger partial charge in [0.2, 0.25) is 11.8 Å². The molecule has 3 aliphatic heterocycles. The van der Waals surface area contributed by atoms with Crippen molar-refractivity contribution >= 4 is 23.7 Å². The molecular weight excluding hydrogens is 656 g/mol. The van der Waals surface area contributed by atoms with Crippen molar-refractivity contribution in [3.8, 4) is 5.75 Å². The minimum Gasteiger partial charge on any atom is -0.507 e. The molecule has 0 bridgehead atoms. The lowest BCUT2D eigenvalue weighted by molar-refractivity contribution is -0.231. The van der Waals surface area contributed by atoms with Crippen molar-refractivity contribution in [3.05, 3.63) is 28.8 Å². The number of nitrogens with zero attached hydrogens (tertiary/aromatic N) is 2. The number of rotatable bonds is 13. The summed E-state index contributed by atoms with van der Waals surface area (Å²) < 4.78 is 17.4. The lowest BCUT2D eigenvalue weighted by Gasteiger charge is -2.49. The van der Waals surface area contributed by atoms with Crippen molar-refractivity contribution in [3.63, 3.8) is 0 Å². The highest BCUT2D eigenvalue weighted by molar-refractivity contribution is 5.95. The van der Waals surface area contributed by atoms with E-state index in [1.165, 1.54) is 19.1 Å². The predicted octanol–water partition coefficient (Wildman–Crippen LogP) is -0.943. The molecule has 3 aliphatic rings. The minimum absolute atomic E-state index is 0.0483. The lowest BCUT2D eigenvalue weighted by atomic mass is 9.81. The highest BCUT2D eigenvalue weighted by Gasteiger charge is 2.55. The van der Waals surface area contributed by atoms with Crippen molar-refractivity contribution in [2.75, 3.05) is 52.5 Å². The summed E-state index contributed by atoms with van der Waals surface area (Å²) in [5.74, 6) is -2.66. The Kier molecular flexibility index (Phi) is 12.9. The molecular formula is C34H52N4O12. The second kappa shape index (κ2) is 16.3. The fourth-order valence-corrected chi connectivity index (χ4v) is 7.10. The number of aliphatic carboxylic acids is 1. The van der Waals surface area contributed by atoms with Crippen LogP contribution in [0.15, 0.2) is 12.1 Å². The summed E-state index contributed by atoms with van der Waals surface area (Å²) in [6.07, 6.45) is -6.66. The van der Waals surface area contributed by atoms with Crippen LogP contribution in [0.3, 0.4) is 0 Å². The molecule has 7 N–H and O–H groups in total. The number of benzene rings is 1. The number of aliphatic hydroxyl groups excluding tert-OH is 3. The molecule has 0 radical (unpaired) electrons. The molecule has 280 valence electrons. The van der Waals surface area contributed by atoms with E-state index in [4.69, 9.17) is 14.2 Å². The first-order valence-corrected chi connectivity index (χ1v) is 17.0. The fraction of sp³-hybridized carbons (Fsp3) is 0.706. The van der Waals surface area contributed by atoms with Gasteiger partial charge in [-0.2, -0.15) is 0 Å². The summed E-state index contributed by atoms with van der Waals surface area (Å²) >= 11 is 0. The first-order valence-electron chi connectivity index (χ1n) is 17.0. The molecule has 50 heavy (non-hydrogen) atoms. The maximum Gasteiger partial charge on any atom is 0.336 e. The third-order valence-corrected chi connectivity index (χ3v) is 9.94. The monoisotopic (exact) mass is 708 g/mol. The zero-order valence-electron chi connectivity index (χ0n) is 29.4. The molecule has 1 aromatic rings. The van der Waals surface area contributed by atoms with Gasteiger partial charge in [0.15, 0.2) is 5.60 Å². The Morgan fingerprint density at radius 2 is 1.80 bits per heavy atom. The number of aliphatic hydroxyl groups is 3. The van der Waals surface area contributed by atoms with Crippen LogP contribution in [0.4, 0.5) is 0 Å². The third kappa shape index (κ3) is 8.91. The summed E-state index contributed by atoms with van der Waals surface area (Å²) in [4.78, 5) is 54.5. The quantitative estimate of drug-likeness (QED) is 0.131. The molecule has 3 amide bonds. The Morgan fingerprint density at radius 1 is 1.12 bits per heavy atom. The first kappa shape index (κ1) is 39.4. The number of carbonyl (C=O) groups excluding carboxylic acids is 3. The van der Waals surface area contributed by atoms with Crippen LogP contribution in [0, 0.1) is 13.8 Å². The lowest BCUT2D eigenvalue weighted by Crippen LogP contribution is -2.68. The number of morpholine rings is 1. The Balaban J connectivity index is 1.49. The van der Waals surface area contributed by atoms with Crippen LogP contribution in [0.1, 0.15) is 61.5 Å². The average Bonchev–Trinajstić information content (AvgIpc) is 3.48. The van der Waals surface area contributed by atoms with Gasteiger partial charge >= 0.3 is 5.97 Å². The van der Waals surface area contributed by atoms with E-state index in [1.54, 1.807) is 18.7 Å². The van der Waals surface area contributed by atoms with E-state index in [-0.39, 0.29) is 42.9 Å². The van der Waals surface area contributed by atoms with E-state index in [0.29, 0.717) is 50.4 Å². The van der Waals surface area contributed by atoms with Gasteiger partial charge in [-0.25, -0.2) is 4.79 Å². The van der Waals surface area contributed by atoms with Crippen LogP contribution in [-0.4, -0.2) is 159 Å². The molecule has 16 heteroatoms. The first-order chi connectivity index (χ1) is 23.5. The number of likely N-dealkylation sites (tertiary alicyclic amines) is 1. The van der Waals surface area contributed by atoms with E-state index in [9.17, 15) is 44.7 Å². The van der Waals surface area contributed by atoms with Gasteiger partial charge in [-0.15, -0.1) is 0 Å². The molecule has 1 aromatic carbocycles. The molecule has 7 atom stereocenters. The molecule has 3 heterocycles. The third-order valence-electron chi connectivity index (χ3n) is 9.94. The van der Waals surface area contributed by atoms with Crippen LogP contribution in [-0.2, 0) is 28.6 Å². The second-order valence-electron chi connectivity index (χ2n) is 14.0. The van der Waals surface area contributed by atoms with Crippen molar-refractivity contribution in [1.29, 1.82) is 0 Å². The summed E-state index contributed by atoms with van der Waals surface area (Å²) in [5, 5.41) is 59.1. The number of carbonyl (C=O) groups is 4. The summed E-state index contributed by atoms with van der Waals surface area (Å²) in [7, 11) is 0. The topological polar surface area (TPSA) is 228 Å². The zero-order valence-corrected chi connectivity index (χ0v) is 29.4. The molecule has 16 nitrogen and oxygen atoms in total. The smallest absolute Gasteiger partial charge is 0.336 e. The van der Waals surface area contributed by atoms with E-state index in [2.05, 4.69) is 15.5 Å². The molecule has 3 fully saturated rings. The molecule has 1 spiro atoms. The van der Waals surface area contributed by atoms with E-state index < -0.39 is 72.3 Å². The largest absolute Gasteiger partial charge is 0.507 e. The van der Waals surface area contributed by atoms with E-state index >= 15 is 0 Å². The Labute approximate surface area is 291 Å². The van der Waals surface area contributed by atoms with Crippen molar-refractivity contribution < 1.29 is 58.9 Å². The summed E-state index contributed by atoms with van der Waals surface area (Å²) in [6, 6.07) is 1.66. The maximum absolute atomic E-state index is 12.9. The number of phenolic OH excluding ortho intramolecular Hbond substituents is 1. The van der Waals surface area contributed by atoms with Gasteiger partial charge in [-0.1, -0.05) is 0 Å². The highest BCUT2D eigenvalue weighted by atomic mass is 16.6. The molecule has 0 aliphatic carbocycles. The minimum atomic E-state index is -2.02. The number of ether oxygens (including phenoxy) is 3. The van der Waals surface area contributed by atoms with Gasteiger partial charge in [0.25, 0.3) is 5.91 Å². The number of carboxylic acids is 1. The van der Waals surface area contributed by atoms with Crippen molar-refractivity contribution in [2.24, 2.45) is 0 Å². The van der Waals surface area contributed by atoms with Gasteiger partial charge in [0.1, 0.15) is 24.6 Å². The van der Waals surface area contributed by atoms with Gasteiger partial charge in [0, 0.05) is 58.1 Å². The predicted molar refractivity (Wildman–Crippen MR) is 177 cm³/mol. The highest BCUT2D eigenvalue weighted by Crippen LogP contribution is 2.37. The van der Waals surface area contributed by atoms with Crippen LogP contribution >= 0.6 is 0 Å². The Hall–Kier alpha value is -3.38. The Morgan fingerprint density at radius 3 is 2.42 bits per heavy atom. The van der Waals surface area contributed by atoms with Gasteiger partial charge in [-0.3, -0.25) is 19.3 Å². The number of amides is 3. The molecule has 0 aromatic heterocycles. The standard InChI is InChI=1S/C34H52N4O12/c1-19(2)49-16-26(42)37-8-6-33(17-37)18-48-11-10-38(33)9-7-34(32(46)47)14-24(40)27(36-22(5)39)30(50-34)29(44)25(41)15-35-31(45)23-12-20(3)28(43)21(4)13-23/h12-13,19,24-25,27,29-30,40-41,43-44H,6-11,14-18H2,1-5H3,(H,35,45)(H,36,39)(H,46,47)/t24-,25+,27+,29+,30+,33-,34+/m0/s1. The summed E-state index contributed by atoms with van der Waals surface area (Å²) in [5.41, 5.74) is -1.44. The Bertz CT molecular complexity index is 1390. The van der Waals surface area contributed by atoms with Crippen molar-refractivity contribution in [2.45, 2.75) is 102 Å². The summed E-state index contributed by atoms with van der Waals surface area (Å²) in [6.45, 7) is 9.84.